The summed E-state index contributed by atoms with van der Waals surface area (Å²) in [6.45, 7) is 4.83. The number of nitrogens with one attached hydrogen (secondary N) is 1. The number of Topliss-reactive ketones (excluding diaryl/α,β-unsaturated/α-hetero) is 1. The second-order valence-corrected chi connectivity index (χ2v) is 4.49. The zero-order valence-electron chi connectivity index (χ0n) is 11.1. The van der Waals surface area contributed by atoms with Gasteiger partial charge in [-0.15, -0.1) is 0 Å². The largest absolute Gasteiger partial charge is 0.480 e. The van der Waals surface area contributed by atoms with E-state index in [2.05, 4.69) is 0 Å². The highest BCUT2D eigenvalue weighted by Gasteiger charge is 2.24. The highest BCUT2D eigenvalue weighted by molar-refractivity contribution is 5.94. The van der Waals surface area contributed by atoms with Crippen LogP contribution in [-0.4, -0.2) is 17.8 Å². The lowest BCUT2D eigenvalue weighted by atomic mass is 10.1. The van der Waals surface area contributed by atoms with Crippen LogP contribution in [0.1, 0.15) is 31.1 Å². The molecule has 5 nitrogen and oxygen atoms in total. The molecule has 0 fully saturated rings. The summed E-state index contributed by atoms with van der Waals surface area (Å²) in [6, 6.07) is 3.85. The van der Waals surface area contributed by atoms with E-state index in [1.54, 1.807) is 13.8 Å². The molecule has 0 heterocycles. The van der Waals surface area contributed by atoms with Gasteiger partial charge in [-0.05, 0) is 25.0 Å². The molecule has 0 saturated carbocycles. The van der Waals surface area contributed by atoms with Gasteiger partial charge in [-0.25, -0.2) is 10.2 Å². The second-order valence-electron chi connectivity index (χ2n) is 4.49. The Morgan fingerprint density at radius 2 is 2.00 bits per heavy atom. The van der Waals surface area contributed by atoms with Crippen LogP contribution in [0, 0.1) is 11.7 Å². The van der Waals surface area contributed by atoms with E-state index in [4.69, 9.17) is 10.6 Å². The maximum atomic E-state index is 13.6. The van der Waals surface area contributed by atoms with Crippen LogP contribution in [0.2, 0.25) is 0 Å². The minimum Gasteiger partial charge on any atom is -0.480 e. The Kier molecular flexibility index (Phi) is 5.00. The topological polar surface area (TPSA) is 81.4 Å². The Hall–Kier alpha value is -1.95. The predicted molar refractivity (Wildman–Crippen MR) is 68.0 cm³/mol. The van der Waals surface area contributed by atoms with Crippen molar-refractivity contribution in [2.24, 2.45) is 11.8 Å². The summed E-state index contributed by atoms with van der Waals surface area (Å²) in [4.78, 5) is 22.6. The molecule has 0 aliphatic rings. The van der Waals surface area contributed by atoms with Crippen molar-refractivity contribution in [1.82, 2.24) is 5.43 Å². The van der Waals surface area contributed by atoms with Gasteiger partial charge >= 0.3 is 0 Å². The molecule has 3 N–H and O–H groups in total. The Bertz CT molecular complexity index is 489. The summed E-state index contributed by atoms with van der Waals surface area (Å²) in [5.74, 6) is 3.55. The van der Waals surface area contributed by atoms with E-state index in [1.807, 2.05) is 5.43 Å². The fourth-order valence-corrected chi connectivity index (χ4v) is 1.58. The summed E-state index contributed by atoms with van der Waals surface area (Å²) in [7, 11) is 0. The number of ketones is 1. The first-order valence-electron chi connectivity index (χ1n) is 5.84. The van der Waals surface area contributed by atoms with Crippen LogP contribution in [0.15, 0.2) is 18.2 Å². The molecule has 19 heavy (non-hydrogen) atoms. The third-order valence-electron chi connectivity index (χ3n) is 2.59. The minimum absolute atomic E-state index is 0.0169. The van der Waals surface area contributed by atoms with Crippen LogP contribution in [-0.2, 0) is 4.79 Å². The van der Waals surface area contributed by atoms with Crippen LogP contribution >= 0.6 is 0 Å². The van der Waals surface area contributed by atoms with Gasteiger partial charge in [0.05, 0.1) is 5.56 Å². The molecule has 0 aromatic heterocycles. The van der Waals surface area contributed by atoms with Crippen molar-refractivity contribution in [2.75, 3.05) is 0 Å². The number of nitrogens with two attached hydrogens (primary N) is 1. The van der Waals surface area contributed by atoms with Crippen molar-refractivity contribution in [3.05, 3.63) is 29.6 Å². The van der Waals surface area contributed by atoms with Gasteiger partial charge in [0, 0.05) is 6.07 Å². The number of rotatable bonds is 5. The normalized spacial score (nSPS) is 12.1. The van der Waals surface area contributed by atoms with Crippen molar-refractivity contribution >= 4 is 11.7 Å². The van der Waals surface area contributed by atoms with E-state index in [-0.39, 0.29) is 23.0 Å². The average molecular weight is 268 g/mol. The van der Waals surface area contributed by atoms with Crippen molar-refractivity contribution in [1.29, 1.82) is 0 Å². The summed E-state index contributed by atoms with van der Waals surface area (Å²) >= 11 is 0. The molecule has 1 amide bonds. The maximum absolute atomic E-state index is 13.6. The van der Waals surface area contributed by atoms with Crippen molar-refractivity contribution in [3.8, 4) is 5.75 Å². The number of hydrogen-bond donors (Lipinski definition) is 2. The SMILES string of the molecule is CC(=O)c1ccc(OC(C(=O)NN)C(C)C)cc1F. The lowest BCUT2D eigenvalue weighted by molar-refractivity contribution is -0.129. The molecule has 1 aromatic carbocycles. The van der Waals surface area contributed by atoms with E-state index in [9.17, 15) is 14.0 Å². The number of ether oxygens (including phenoxy) is 1. The van der Waals surface area contributed by atoms with Gasteiger partial charge in [0.25, 0.3) is 5.91 Å². The van der Waals surface area contributed by atoms with Gasteiger partial charge in [0.1, 0.15) is 11.6 Å². The Balaban J connectivity index is 2.95. The standard InChI is InChI=1S/C13H17FN2O3/c1-7(2)12(13(18)16-15)19-9-4-5-10(8(3)17)11(14)6-9/h4-7,12H,15H2,1-3H3,(H,16,18). The zero-order chi connectivity index (χ0) is 14.6. The van der Waals surface area contributed by atoms with Gasteiger partial charge in [0.2, 0.25) is 0 Å². The van der Waals surface area contributed by atoms with Gasteiger partial charge in [-0.3, -0.25) is 15.0 Å². The van der Waals surface area contributed by atoms with E-state index in [0.29, 0.717) is 0 Å². The fourth-order valence-electron chi connectivity index (χ4n) is 1.58. The predicted octanol–water partition coefficient (Wildman–Crippen LogP) is 1.42. The molecule has 104 valence electrons. The first-order chi connectivity index (χ1) is 8.86. The fraction of sp³-hybridized carbons (Fsp3) is 0.385. The lowest BCUT2D eigenvalue weighted by Gasteiger charge is -2.20. The van der Waals surface area contributed by atoms with Crippen LogP contribution in [0.25, 0.3) is 0 Å². The van der Waals surface area contributed by atoms with Gasteiger partial charge in [-0.1, -0.05) is 13.8 Å². The summed E-state index contributed by atoms with van der Waals surface area (Å²) in [5, 5.41) is 0. The average Bonchev–Trinajstić information content (AvgIpc) is 2.34. The van der Waals surface area contributed by atoms with E-state index >= 15 is 0 Å². The van der Waals surface area contributed by atoms with E-state index in [0.717, 1.165) is 6.07 Å². The molecular weight excluding hydrogens is 251 g/mol. The summed E-state index contributed by atoms with van der Waals surface area (Å²) in [5.41, 5.74) is 1.98. The van der Waals surface area contributed by atoms with Crippen molar-refractivity contribution in [3.63, 3.8) is 0 Å². The Morgan fingerprint density at radius 1 is 1.37 bits per heavy atom. The van der Waals surface area contributed by atoms with Crippen LogP contribution in [0.3, 0.4) is 0 Å². The Morgan fingerprint density at radius 3 is 2.42 bits per heavy atom. The summed E-state index contributed by atoms with van der Waals surface area (Å²) in [6.07, 6.45) is -0.826. The van der Waals surface area contributed by atoms with E-state index in [1.165, 1.54) is 19.1 Å². The maximum Gasteiger partial charge on any atom is 0.275 e. The van der Waals surface area contributed by atoms with Crippen LogP contribution in [0.5, 0.6) is 5.75 Å². The molecule has 0 saturated heterocycles. The first-order valence-corrected chi connectivity index (χ1v) is 5.84. The highest BCUT2D eigenvalue weighted by Crippen LogP contribution is 2.20. The molecular formula is C13H17FN2O3. The highest BCUT2D eigenvalue weighted by atomic mass is 19.1. The molecule has 1 unspecified atom stereocenters. The molecule has 0 spiro atoms. The molecule has 1 aromatic rings. The van der Waals surface area contributed by atoms with E-state index < -0.39 is 17.8 Å². The monoisotopic (exact) mass is 268 g/mol. The van der Waals surface area contributed by atoms with Crippen LogP contribution in [0.4, 0.5) is 4.39 Å². The number of hydrogen-bond acceptors (Lipinski definition) is 4. The number of carbonyl (C=O) groups is 2. The molecule has 0 aliphatic carbocycles. The number of halogens is 1. The van der Waals surface area contributed by atoms with Gasteiger partial charge in [-0.2, -0.15) is 0 Å². The van der Waals surface area contributed by atoms with Gasteiger partial charge in [0.15, 0.2) is 11.9 Å². The van der Waals surface area contributed by atoms with Crippen molar-refractivity contribution in [2.45, 2.75) is 26.9 Å². The first kappa shape index (κ1) is 15.1. The molecule has 0 radical (unpaired) electrons. The number of carbonyl (C=O) groups excluding carboxylic acids is 2. The zero-order valence-corrected chi connectivity index (χ0v) is 11.1. The smallest absolute Gasteiger partial charge is 0.275 e. The third kappa shape index (κ3) is 3.75. The molecule has 0 aliphatic heterocycles. The van der Waals surface area contributed by atoms with Crippen molar-refractivity contribution < 1.29 is 18.7 Å². The number of benzene rings is 1. The number of hydrazine groups is 1. The molecule has 0 bridgehead atoms. The third-order valence-corrected chi connectivity index (χ3v) is 2.59. The summed E-state index contributed by atoms with van der Waals surface area (Å²) < 4.78 is 19.0. The Labute approximate surface area is 110 Å². The minimum atomic E-state index is -0.826. The van der Waals surface area contributed by atoms with Crippen LogP contribution < -0.4 is 16.0 Å². The van der Waals surface area contributed by atoms with Gasteiger partial charge < -0.3 is 4.74 Å². The quantitative estimate of drug-likeness (QED) is 0.366. The molecule has 6 heteroatoms. The molecule has 1 rings (SSSR count). The molecule has 1 atom stereocenters. The second kappa shape index (κ2) is 6.29. The number of amides is 1. The lowest BCUT2D eigenvalue weighted by Crippen LogP contribution is -2.44.